The predicted molar refractivity (Wildman–Crippen MR) is 119 cm³/mol. The number of carbonyl (C=O) groups is 2. The minimum Gasteiger partial charge on any atom is -0.507 e. The van der Waals surface area contributed by atoms with E-state index in [2.05, 4.69) is 0 Å². The summed E-state index contributed by atoms with van der Waals surface area (Å²) in [7, 11) is 1.49. The van der Waals surface area contributed by atoms with Gasteiger partial charge in [-0.2, -0.15) is 0 Å². The molecule has 7 nitrogen and oxygen atoms in total. The van der Waals surface area contributed by atoms with Crippen LogP contribution in [0.4, 0.5) is 5.69 Å². The van der Waals surface area contributed by atoms with E-state index in [0.717, 1.165) is 0 Å². The largest absolute Gasteiger partial charge is 0.507 e. The quantitative estimate of drug-likeness (QED) is 0.347. The summed E-state index contributed by atoms with van der Waals surface area (Å²) in [4.78, 5) is 27.7. The van der Waals surface area contributed by atoms with E-state index < -0.39 is 17.7 Å². The van der Waals surface area contributed by atoms with E-state index in [1.807, 2.05) is 6.92 Å². The lowest BCUT2D eigenvalue weighted by atomic mass is 9.99. The maximum Gasteiger partial charge on any atom is 0.300 e. The number of aliphatic hydroxyl groups excluding tert-OH is 1. The maximum atomic E-state index is 13.2. The average molecular weight is 433 g/mol. The highest BCUT2D eigenvalue weighted by molar-refractivity contribution is 6.51. The van der Waals surface area contributed by atoms with Crippen LogP contribution in [0.2, 0.25) is 0 Å². The fourth-order valence-electron chi connectivity index (χ4n) is 3.83. The zero-order valence-corrected chi connectivity index (χ0v) is 18.0. The van der Waals surface area contributed by atoms with E-state index in [-0.39, 0.29) is 11.3 Å². The summed E-state index contributed by atoms with van der Waals surface area (Å²) in [6.45, 7) is 4.07. The molecule has 0 radical (unpaired) electrons. The molecular formula is C25H23NO6. The van der Waals surface area contributed by atoms with Gasteiger partial charge in [-0.1, -0.05) is 24.3 Å². The molecule has 0 spiro atoms. The molecule has 4 rings (SSSR count). The number of aliphatic hydroxyl groups is 1. The fourth-order valence-corrected chi connectivity index (χ4v) is 3.83. The summed E-state index contributed by atoms with van der Waals surface area (Å²) >= 11 is 0. The van der Waals surface area contributed by atoms with Gasteiger partial charge in [0.1, 0.15) is 34.8 Å². The van der Waals surface area contributed by atoms with E-state index >= 15 is 0 Å². The monoisotopic (exact) mass is 433 g/mol. The van der Waals surface area contributed by atoms with Crippen molar-refractivity contribution in [2.75, 3.05) is 18.6 Å². The molecule has 0 saturated carbocycles. The van der Waals surface area contributed by atoms with Gasteiger partial charge in [-0.15, -0.1) is 0 Å². The molecule has 164 valence electrons. The van der Waals surface area contributed by atoms with Crippen LogP contribution in [-0.4, -0.2) is 30.5 Å². The molecule has 1 atom stereocenters. The Morgan fingerprint density at radius 2 is 1.88 bits per heavy atom. The highest BCUT2D eigenvalue weighted by atomic mass is 16.5. The van der Waals surface area contributed by atoms with Gasteiger partial charge in [0.15, 0.2) is 0 Å². The Labute approximate surface area is 185 Å². The number of furan rings is 1. The summed E-state index contributed by atoms with van der Waals surface area (Å²) in [5.41, 5.74) is 0.699. The number of hydrogen-bond acceptors (Lipinski definition) is 6. The normalized spacial score (nSPS) is 17.6. The Kier molecular flexibility index (Phi) is 5.73. The molecule has 1 aliphatic heterocycles. The number of ketones is 1. The second kappa shape index (κ2) is 8.63. The Hall–Kier alpha value is -4.00. The van der Waals surface area contributed by atoms with Gasteiger partial charge in [0.05, 0.1) is 25.0 Å². The number of carbonyl (C=O) groups excluding carboxylic acids is 2. The van der Waals surface area contributed by atoms with Crippen molar-refractivity contribution in [3.63, 3.8) is 0 Å². The number of amides is 1. The van der Waals surface area contributed by atoms with Crippen molar-refractivity contribution < 1.29 is 28.6 Å². The van der Waals surface area contributed by atoms with Crippen LogP contribution < -0.4 is 14.4 Å². The van der Waals surface area contributed by atoms with Gasteiger partial charge in [0, 0.05) is 5.56 Å². The van der Waals surface area contributed by atoms with Crippen molar-refractivity contribution in [1.82, 2.24) is 0 Å². The number of rotatable bonds is 6. The smallest absolute Gasteiger partial charge is 0.300 e. The van der Waals surface area contributed by atoms with Crippen LogP contribution in [0.15, 0.2) is 70.7 Å². The van der Waals surface area contributed by atoms with E-state index in [9.17, 15) is 14.7 Å². The van der Waals surface area contributed by atoms with E-state index in [4.69, 9.17) is 13.9 Å². The van der Waals surface area contributed by atoms with E-state index in [1.54, 1.807) is 67.6 Å². The molecule has 2 aromatic carbocycles. The van der Waals surface area contributed by atoms with Crippen LogP contribution in [0.3, 0.4) is 0 Å². The highest BCUT2D eigenvalue weighted by Gasteiger charge is 2.49. The van der Waals surface area contributed by atoms with E-state index in [1.165, 1.54) is 12.0 Å². The molecule has 1 unspecified atom stereocenters. The number of Topliss-reactive ketones (excluding diaryl/α,β-unsaturated/α-hetero) is 1. The first-order chi connectivity index (χ1) is 15.5. The molecule has 2 heterocycles. The third kappa shape index (κ3) is 3.62. The van der Waals surface area contributed by atoms with Crippen LogP contribution in [0.25, 0.3) is 5.76 Å². The second-order valence-electron chi connectivity index (χ2n) is 7.25. The summed E-state index contributed by atoms with van der Waals surface area (Å²) < 4.78 is 16.7. The van der Waals surface area contributed by atoms with Gasteiger partial charge in [-0.25, -0.2) is 0 Å². The van der Waals surface area contributed by atoms with Crippen molar-refractivity contribution in [2.45, 2.75) is 19.9 Å². The van der Waals surface area contributed by atoms with Crippen LogP contribution in [0, 0.1) is 6.92 Å². The minimum atomic E-state index is -0.962. The molecule has 1 saturated heterocycles. The molecule has 0 bridgehead atoms. The Balaban J connectivity index is 1.93. The maximum absolute atomic E-state index is 13.2. The number of para-hydroxylation sites is 2. The van der Waals surface area contributed by atoms with Crippen LogP contribution >= 0.6 is 0 Å². The first kappa shape index (κ1) is 21.2. The van der Waals surface area contributed by atoms with Crippen LogP contribution in [0.5, 0.6) is 11.5 Å². The van der Waals surface area contributed by atoms with Gasteiger partial charge < -0.3 is 19.0 Å². The lowest BCUT2D eigenvalue weighted by Crippen LogP contribution is -2.29. The SMILES string of the molecule is CCOc1cccc(/C(O)=C2/C(=O)C(=O)N(c3ccccc3OC)C2c2ccc(C)o2)c1. The molecule has 32 heavy (non-hydrogen) atoms. The molecule has 1 fully saturated rings. The zero-order valence-electron chi connectivity index (χ0n) is 18.0. The van der Waals surface area contributed by atoms with Crippen molar-refractivity contribution in [1.29, 1.82) is 0 Å². The van der Waals surface area contributed by atoms with Crippen molar-refractivity contribution in [3.05, 3.63) is 83.3 Å². The van der Waals surface area contributed by atoms with E-state index in [0.29, 0.717) is 40.9 Å². The first-order valence-corrected chi connectivity index (χ1v) is 10.2. The zero-order chi connectivity index (χ0) is 22.8. The van der Waals surface area contributed by atoms with Gasteiger partial charge in [-0.3, -0.25) is 14.5 Å². The number of benzene rings is 2. The number of hydrogen-bond donors (Lipinski definition) is 1. The topological polar surface area (TPSA) is 89.2 Å². The summed E-state index contributed by atoms with van der Waals surface area (Å²) in [6.07, 6.45) is 0. The van der Waals surface area contributed by atoms with Crippen molar-refractivity contribution in [2.24, 2.45) is 0 Å². The molecule has 1 aromatic heterocycles. The van der Waals surface area contributed by atoms with Gasteiger partial charge in [0.2, 0.25) is 0 Å². The number of anilines is 1. The third-order valence-electron chi connectivity index (χ3n) is 5.24. The molecular weight excluding hydrogens is 410 g/mol. The van der Waals surface area contributed by atoms with Gasteiger partial charge in [0.25, 0.3) is 11.7 Å². The Morgan fingerprint density at radius 1 is 1.09 bits per heavy atom. The molecule has 1 amide bonds. The summed E-state index contributed by atoms with van der Waals surface area (Å²) in [5, 5.41) is 11.2. The summed E-state index contributed by atoms with van der Waals surface area (Å²) in [5.74, 6) is 0.0349. The van der Waals surface area contributed by atoms with Crippen molar-refractivity contribution in [3.8, 4) is 11.5 Å². The lowest BCUT2D eigenvalue weighted by molar-refractivity contribution is -0.132. The number of ether oxygens (including phenoxy) is 2. The van der Waals surface area contributed by atoms with Gasteiger partial charge >= 0.3 is 0 Å². The molecule has 0 aliphatic carbocycles. The number of nitrogens with zero attached hydrogens (tertiary/aromatic N) is 1. The Bertz CT molecular complexity index is 1210. The molecule has 1 N–H and O–H groups in total. The standard InChI is InChI=1S/C25H23NO6/c1-4-31-17-9-7-8-16(14-17)23(27)21-22(20-13-12-15(2)32-20)26(25(29)24(21)28)18-10-5-6-11-19(18)30-3/h5-14,22,27H,4H2,1-3H3/b23-21-. The minimum absolute atomic E-state index is 0.0658. The highest BCUT2D eigenvalue weighted by Crippen LogP contribution is 2.45. The van der Waals surface area contributed by atoms with Crippen LogP contribution in [0.1, 0.15) is 30.0 Å². The third-order valence-corrected chi connectivity index (χ3v) is 5.24. The predicted octanol–water partition coefficient (Wildman–Crippen LogP) is 4.62. The fraction of sp³-hybridized carbons (Fsp3) is 0.200. The summed E-state index contributed by atoms with van der Waals surface area (Å²) in [6, 6.07) is 16.1. The van der Waals surface area contributed by atoms with Crippen molar-refractivity contribution >= 4 is 23.1 Å². The lowest BCUT2D eigenvalue weighted by Gasteiger charge is -2.25. The molecule has 7 heteroatoms. The second-order valence-corrected chi connectivity index (χ2v) is 7.25. The average Bonchev–Trinajstić information content (AvgIpc) is 3.34. The van der Waals surface area contributed by atoms with Crippen LogP contribution in [-0.2, 0) is 9.59 Å². The molecule has 1 aliphatic rings. The number of methoxy groups -OCH3 is 1. The number of aryl methyl sites for hydroxylation is 1. The molecule has 3 aromatic rings. The first-order valence-electron chi connectivity index (χ1n) is 10.2. The van der Waals surface area contributed by atoms with Gasteiger partial charge in [-0.05, 0) is 50.2 Å². The Morgan fingerprint density at radius 3 is 2.56 bits per heavy atom.